The lowest BCUT2D eigenvalue weighted by atomic mass is 10.1. The van der Waals surface area contributed by atoms with E-state index in [1.54, 1.807) is 21.8 Å². The molecule has 192 valence electrons. The van der Waals surface area contributed by atoms with E-state index >= 15 is 0 Å². The minimum absolute atomic E-state index is 0.147. The molecule has 2 fully saturated rings. The molecule has 2 aliphatic heterocycles. The molecule has 0 saturated carbocycles. The van der Waals surface area contributed by atoms with Gasteiger partial charge >= 0.3 is 0 Å². The predicted molar refractivity (Wildman–Crippen MR) is 136 cm³/mol. The van der Waals surface area contributed by atoms with Gasteiger partial charge in [0.05, 0.1) is 48.7 Å². The number of nitrogens with zero attached hydrogens (tertiary/aromatic N) is 6. The number of rotatable bonds is 8. The molecule has 9 nitrogen and oxygen atoms in total. The number of benzene rings is 1. The summed E-state index contributed by atoms with van der Waals surface area (Å²) in [5.41, 5.74) is 4.48. The van der Waals surface area contributed by atoms with Crippen LogP contribution in [-0.2, 0) is 11.0 Å². The third-order valence-electron chi connectivity index (χ3n) is 6.31. The molecule has 0 radical (unpaired) electrons. The first-order valence-corrected chi connectivity index (χ1v) is 13.3. The van der Waals surface area contributed by atoms with Crippen LogP contribution in [0.25, 0.3) is 17.1 Å². The van der Waals surface area contributed by atoms with Crippen LogP contribution in [0.1, 0.15) is 24.8 Å². The van der Waals surface area contributed by atoms with Crippen LogP contribution in [0, 0.1) is 6.92 Å². The van der Waals surface area contributed by atoms with Crippen LogP contribution in [0.2, 0.25) is 0 Å². The molecule has 0 bridgehead atoms. The van der Waals surface area contributed by atoms with E-state index in [2.05, 4.69) is 24.9 Å². The molecule has 0 aliphatic carbocycles. The fraction of sp³-hybridized carbons (Fsp3) is 0.458. The van der Waals surface area contributed by atoms with Gasteiger partial charge in [0.1, 0.15) is 22.5 Å². The van der Waals surface area contributed by atoms with Crippen molar-refractivity contribution in [1.82, 2.24) is 20.0 Å². The number of nitrogens with one attached hydrogen (secondary N) is 1. The largest absolute Gasteiger partial charge is 0.395 e. The first-order chi connectivity index (χ1) is 17.3. The molecule has 5 rings (SSSR count). The Morgan fingerprint density at radius 2 is 1.83 bits per heavy atom. The number of aryl methyl sites for hydroxylation is 1. The van der Waals surface area contributed by atoms with Gasteiger partial charge in [-0.3, -0.25) is 0 Å². The number of alkyl halides is 2. The van der Waals surface area contributed by atoms with Crippen LogP contribution in [0.5, 0.6) is 0 Å². The topological polar surface area (TPSA) is 99.4 Å². The molecule has 0 spiro atoms. The van der Waals surface area contributed by atoms with Crippen molar-refractivity contribution in [2.24, 2.45) is 0 Å². The molecule has 3 aromatic rings. The summed E-state index contributed by atoms with van der Waals surface area (Å²) in [5, 5.41) is 17.8. The Hall–Kier alpha value is -3.12. The summed E-state index contributed by atoms with van der Waals surface area (Å²) < 4.78 is 43.5. The van der Waals surface area contributed by atoms with E-state index in [4.69, 9.17) is 5.11 Å². The highest BCUT2D eigenvalue weighted by molar-refractivity contribution is 7.86. The molecule has 0 amide bonds. The van der Waals surface area contributed by atoms with Gasteiger partial charge in [0.25, 0.3) is 5.92 Å². The van der Waals surface area contributed by atoms with Gasteiger partial charge in [-0.05, 0) is 62.1 Å². The number of anilines is 3. The van der Waals surface area contributed by atoms with E-state index in [0.29, 0.717) is 22.9 Å². The maximum Gasteiger partial charge on any atom is 0.282 e. The van der Waals surface area contributed by atoms with Crippen LogP contribution < -0.4 is 14.5 Å². The summed E-state index contributed by atoms with van der Waals surface area (Å²) in [4.78, 5) is 8.42. The van der Waals surface area contributed by atoms with E-state index in [9.17, 15) is 13.0 Å². The third-order valence-corrected chi connectivity index (χ3v) is 7.32. The van der Waals surface area contributed by atoms with Gasteiger partial charge in [0, 0.05) is 18.8 Å². The lowest BCUT2D eigenvalue weighted by Gasteiger charge is -2.39. The number of aromatic nitrogens is 4. The summed E-state index contributed by atoms with van der Waals surface area (Å²) in [6.45, 7) is 2.88. The second kappa shape index (κ2) is 10.1. The van der Waals surface area contributed by atoms with E-state index < -0.39 is 16.9 Å². The van der Waals surface area contributed by atoms with Crippen LogP contribution in [0.3, 0.4) is 0 Å². The number of halogens is 2. The molecule has 1 aromatic carbocycles. The second-order valence-corrected chi connectivity index (χ2v) is 10.6. The van der Waals surface area contributed by atoms with Crippen molar-refractivity contribution >= 4 is 28.2 Å². The molecule has 1 atom stereocenters. The van der Waals surface area contributed by atoms with E-state index in [0.717, 1.165) is 42.9 Å². The molecule has 2 aromatic heterocycles. The zero-order chi connectivity index (χ0) is 25.3. The Kier molecular flexibility index (Phi) is 6.89. The Morgan fingerprint density at radius 1 is 1.06 bits per heavy atom. The summed E-state index contributed by atoms with van der Waals surface area (Å²) in [6.07, 6.45) is 5.14. The van der Waals surface area contributed by atoms with Crippen molar-refractivity contribution < 1.29 is 18.1 Å². The number of aliphatic hydroxyl groups excluding tert-OH is 1. The quantitative estimate of drug-likeness (QED) is 0.474. The van der Waals surface area contributed by atoms with Gasteiger partial charge in [-0.15, -0.1) is 5.10 Å². The number of aliphatic hydroxyl groups is 1. The smallest absolute Gasteiger partial charge is 0.282 e. The average Bonchev–Trinajstić information content (AvgIpc) is 3.33. The van der Waals surface area contributed by atoms with Gasteiger partial charge in [-0.1, -0.05) is 5.21 Å². The van der Waals surface area contributed by atoms with Crippen molar-refractivity contribution in [3.05, 3.63) is 42.1 Å². The lowest BCUT2D eigenvalue weighted by molar-refractivity contribution is -0.0267. The van der Waals surface area contributed by atoms with Crippen LogP contribution in [-0.4, -0.2) is 73.8 Å². The van der Waals surface area contributed by atoms with Gasteiger partial charge in [-0.25, -0.2) is 22.7 Å². The van der Waals surface area contributed by atoms with E-state index in [1.807, 2.05) is 31.2 Å². The standard InChI is InChI=1S/C24H29F2N7O2S/c1-17-11-19(27-23(12-17)32-15-24(25,26)16-32)20-14-33(30-28-20)21-6-5-18(29-36(35)10-9-34)13-22(21)31-7-3-2-4-8-31/h5-6,11-14,29,34H,2-4,7-10,15-16H2,1H3. The zero-order valence-corrected chi connectivity index (χ0v) is 20.8. The average molecular weight is 518 g/mol. The Balaban J connectivity index is 1.45. The van der Waals surface area contributed by atoms with Crippen LogP contribution >= 0.6 is 0 Å². The summed E-state index contributed by atoms with van der Waals surface area (Å²) in [6, 6.07) is 9.34. The van der Waals surface area contributed by atoms with Gasteiger partial charge in [0.15, 0.2) is 0 Å². The van der Waals surface area contributed by atoms with Crippen LogP contribution in [0.15, 0.2) is 36.5 Å². The van der Waals surface area contributed by atoms with Crippen molar-refractivity contribution in [3.8, 4) is 17.1 Å². The number of pyridine rings is 1. The van der Waals surface area contributed by atoms with Gasteiger partial charge in [0.2, 0.25) is 0 Å². The Labute approximate surface area is 210 Å². The molecule has 1 unspecified atom stereocenters. The van der Waals surface area contributed by atoms with Crippen molar-refractivity contribution in [2.75, 3.05) is 53.1 Å². The van der Waals surface area contributed by atoms with Crippen molar-refractivity contribution in [3.63, 3.8) is 0 Å². The minimum Gasteiger partial charge on any atom is -0.395 e. The fourth-order valence-electron chi connectivity index (χ4n) is 4.55. The monoisotopic (exact) mass is 517 g/mol. The predicted octanol–water partition coefficient (Wildman–Crippen LogP) is 3.15. The first kappa shape index (κ1) is 24.6. The first-order valence-electron chi connectivity index (χ1n) is 12.0. The molecule has 12 heteroatoms. The fourth-order valence-corrected chi connectivity index (χ4v) is 5.21. The van der Waals surface area contributed by atoms with E-state index in [1.165, 1.54) is 6.42 Å². The maximum atomic E-state index is 13.4. The highest BCUT2D eigenvalue weighted by atomic mass is 32.2. The molecular formula is C24H29F2N7O2S. The zero-order valence-electron chi connectivity index (χ0n) is 20.0. The molecule has 4 heterocycles. The molecular weight excluding hydrogens is 488 g/mol. The van der Waals surface area contributed by atoms with Gasteiger partial charge in [-0.2, -0.15) is 0 Å². The molecule has 2 saturated heterocycles. The van der Waals surface area contributed by atoms with Crippen LogP contribution in [0.4, 0.5) is 26.0 Å². The lowest BCUT2D eigenvalue weighted by Crippen LogP contribution is -2.56. The maximum absolute atomic E-state index is 13.4. The third kappa shape index (κ3) is 5.34. The minimum atomic E-state index is -2.68. The number of piperidine rings is 1. The molecule has 36 heavy (non-hydrogen) atoms. The normalized spacial score (nSPS) is 18.1. The summed E-state index contributed by atoms with van der Waals surface area (Å²) in [7, 11) is -1.38. The van der Waals surface area contributed by atoms with Gasteiger partial charge < -0.3 is 19.6 Å². The highest BCUT2D eigenvalue weighted by Crippen LogP contribution is 2.33. The SMILES string of the molecule is Cc1cc(-c2cn(-c3ccc(NS(=O)CCO)cc3N3CCCCC3)nn2)nc(N2CC(F)(F)C2)c1. The summed E-state index contributed by atoms with van der Waals surface area (Å²) >= 11 is 0. The summed E-state index contributed by atoms with van der Waals surface area (Å²) in [5.74, 6) is -2.02. The number of hydrogen-bond acceptors (Lipinski definition) is 7. The Morgan fingerprint density at radius 3 is 2.56 bits per heavy atom. The van der Waals surface area contributed by atoms with Crippen molar-refractivity contribution in [2.45, 2.75) is 32.1 Å². The Bertz CT molecular complexity index is 1260. The second-order valence-electron chi connectivity index (χ2n) is 9.27. The number of hydrogen-bond donors (Lipinski definition) is 2. The van der Waals surface area contributed by atoms with E-state index in [-0.39, 0.29) is 25.4 Å². The van der Waals surface area contributed by atoms with Crippen molar-refractivity contribution in [1.29, 1.82) is 0 Å². The molecule has 2 N–H and O–H groups in total. The molecule has 2 aliphatic rings. The highest BCUT2D eigenvalue weighted by Gasteiger charge is 2.44.